The molecule has 1 atom stereocenters. The fourth-order valence-electron chi connectivity index (χ4n) is 2.33. The van der Waals surface area contributed by atoms with Crippen molar-refractivity contribution < 1.29 is 5.11 Å². The number of aromatic hydroxyl groups is 1. The molecule has 0 bridgehead atoms. The first-order valence-corrected chi connectivity index (χ1v) is 7.06. The summed E-state index contributed by atoms with van der Waals surface area (Å²) in [5.74, 6) is 0.270. The van der Waals surface area contributed by atoms with Crippen LogP contribution in [0.4, 0.5) is 0 Å². The largest absolute Gasteiger partial charge is 0.508 e. The molecule has 3 heteroatoms. The van der Waals surface area contributed by atoms with Gasteiger partial charge in [0.2, 0.25) is 0 Å². The summed E-state index contributed by atoms with van der Waals surface area (Å²) in [7, 11) is 0. The van der Waals surface area contributed by atoms with Gasteiger partial charge in [-0.3, -0.25) is 0 Å². The van der Waals surface area contributed by atoms with Gasteiger partial charge in [0.15, 0.2) is 0 Å². The smallest absolute Gasteiger partial charge is 0.120 e. The molecule has 0 amide bonds. The van der Waals surface area contributed by atoms with E-state index in [4.69, 9.17) is 11.5 Å². The van der Waals surface area contributed by atoms with Gasteiger partial charge in [0.25, 0.3) is 0 Å². The summed E-state index contributed by atoms with van der Waals surface area (Å²) < 4.78 is 0. The SMILES string of the molecule is NCCCCC(N)c1ccc(-c2ccccc2)cc1O. The molecule has 0 fully saturated rings. The maximum atomic E-state index is 10.2. The number of hydrogen-bond acceptors (Lipinski definition) is 3. The Bertz CT molecular complexity index is 540. The lowest BCUT2D eigenvalue weighted by Gasteiger charge is -2.14. The molecule has 0 aliphatic rings. The summed E-state index contributed by atoms with van der Waals surface area (Å²) in [5, 5.41) is 10.2. The van der Waals surface area contributed by atoms with E-state index in [2.05, 4.69) is 0 Å². The number of phenols is 1. The average Bonchev–Trinajstić information content (AvgIpc) is 2.48. The van der Waals surface area contributed by atoms with Crippen molar-refractivity contribution in [3.8, 4) is 16.9 Å². The Morgan fingerprint density at radius 3 is 2.35 bits per heavy atom. The first-order valence-electron chi connectivity index (χ1n) is 7.06. The second-order valence-electron chi connectivity index (χ2n) is 5.03. The second kappa shape index (κ2) is 7.08. The van der Waals surface area contributed by atoms with Gasteiger partial charge in [0.05, 0.1) is 0 Å². The third-order valence-electron chi connectivity index (χ3n) is 3.51. The van der Waals surface area contributed by atoms with Gasteiger partial charge >= 0.3 is 0 Å². The van der Waals surface area contributed by atoms with E-state index >= 15 is 0 Å². The fourth-order valence-corrected chi connectivity index (χ4v) is 2.33. The van der Waals surface area contributed by atoms with Gasteiger partial charge < -0.3 is 16.6 Å². The van der Waals surface area contributed by atoms with E-state index in [-0.39, 0.29) is 11.8 Å². The third-order valence-corrected chi connectivity index (χ3v) is 3.51. The first kappa shape index (κ1) is 14.6. The molecule has 0 saturated heterocycles. The minimum atomic E-state index is -0.133. The van der Waals surface area contributed by atoms with Crippen molar-refractivity contribution in [3.05, 3.63) is 54.1 Å². The summed E-state index contributed by atoms with van der Waals surface area (Å²) in [4.78, 5) is 0. The molecule has 0 saturated carbocycles. The molecule has 5 N–H and O–H groups in total. The zero-order valence-electron chi connectivity index (χ0n) is 11.6. The normalized spacial score (nSPS) is 12.3. The van der Waals surface area contributed by atoms with Crippen molar-refractivity contribution in [1.82, 2.24) is 0 Å². The lowest BCUT2D eigenvalue weighted by Crippen LogP contribution is -2.11. The van der Waals surface area contributed by atoms with Gasteiger partial charge in [-0.15, -0.1) is 0 Å². The molecule has 2 aromatic carbocycles. The van der Waals surface area contributed by atoms with Crippen LogP contribution in [-0.2, 0) is 0 Å². The minimum absolute atomic E-state index is 0.133. The van der Waals surface area contributed by atoms with E-state index in [0.717, 1.165) is 36.0 Å². The quantitative estimate of drug-likeness (QED) is 0.706. The molecular formula is C17H22N2O. The van der Waals surface area contributed by atoms with Crippen LogP contribution in [0, 0.1) is 0 Å². The topological polar surface area (TPSA) is 72.3 Å². The molecule has 2 rings (SSSR count). The lowest BCUT2D eigenvalue weighted by molar-refractivity contribution is 0.456. The molecule has 0 radical (unpaired) electrons. The second-order valence-corrected chi connectivity index (χ2v) is 5.03. The van der Waals surface area contributed by atoms with E-state index in [1.54, 1.807) is 6.07 Å². The number of unbranched alkanes of at least 4 members (excludes halogenated alkanes) is 1. The molecule has 0 aliphatic carbocycles. The third kappa shape index (κ3) is 3.59. The maximum absolute atomic E-state index is 10.2. The van der Waals surface area contributed by atoms with Crippen LogP contribution in [0.25, 0.3) is 11.1 Å². The van der Waals surface area contributed by atoms with Crippen LogP contribution in [0.15, 0.2) is 48.5 Å². The highest BCUT2D eigenvalue weighted by atomic mass is 16.3. The van der Waals surface area contributed by atoms with Crippen LogP contribution in [0.2, 0.25) is 0 Å². The number of rotatable bonds is 6. The standard InChI is InChI=1S/C17H22N2O/c18-11-5-4-8-16(19)15-10-9-14(12-17(15)20)13-6-2-1-3-7-13/h1-3,6-7,9-10,12,16,20H,4-5,8,11,18-19H2. The van der Waals surface area contributed by atoms with Crippen molar-refractivity contribution >= 4 is 0 Å². The average molecular weight is 270 g/mol. The molecule has 0 heterocycles. The molecule has 106 valence electrons. The van der Waals surface area contributed by atoms with E-state index in [1.807, 2.05) is 42.5 Å². The van der Waals surface area contributed by atoms with Crippen LogP contribution >= 0.6 is 0 Å². The maximum Gasteiger partial charge on any atom is 0.120 e. The molecule has 1 unspecified atom stereocenters. The summed E-state index contributed by atoms with van der Waals surface area (Å²) in [5.41, 5.74) is 14.5. The Morgan fingerprint density at radius 1 is 0.950 bits per heavy atom. The summed E-state index contributed by atoms with van der Waals surface area (Å²) >= 11 is 0. The summed E-state index contributed by atoms with van der Waals surface area (Å²) in [6, 6.07) is 15.6. The summed E-state index contributed by atoms with van der Waals surface area (Å²) in [6.07, 6.45) is 2.80. The van der Waals surface area contributed by atoms with Gasteiger partial charge in [0.1, 0.15) is 5.75 Å². The minimum Gasteiger partial charge on any atom is -0.508 e. The Kier molecular flexibility index (Phi) is 5.16. The highest BCUT2D eigenvalue weighted by Crippen LogP contribution is 2.30. The molecule has 0 spiro atoms. The number of nitrogens with two attached hydrogens (primary N) is 2. The Labute approximate surface area is 120 Å². The zero-order valence-corrected chi connectivity index (χ0v) is 11.6. The highest BCUT2D eigenvalue weighted by molar-refractivity contribution is 5.66. The van der Waals surface area contributed by atoms with Gasteiger partial charge in [-0.1, -0.05) is 48.9 Å². The van der Waals surface area contributed by atoms with E-state index in [9.17, 15) is 5.11 Å². The number of hydrogen-bond donors (Lipinski definition) is 3. The first-order chi connectivity index (χ1) is 9.72. The van der Waals surface area contributed by atoms with Crippen LogP contribution in [0.1, 0.15) is 30.9 Å². The van der Waals surface area contributed by atoms with Crippen LogP contribution in [-0.4, -0.2) is 11.7 Å². The lowest BCUT2D eigenvalue weighted by atomic mass is 9.97. The molecule has 0 aromatic heterocycles. The Hall–Kier alpha value is -1.84. The van der Waals surface area contributed by atoms with E-state index < -0.39 is 0 Å². The van der Waals surface area contributed by atoms with E-state index in [0.29, 0.717) is 6.54 Å². The molecular weight excluding hydrogens is 248 g/mol. The highest BCUT2D eigenvalue weighted by Gasteiger charge is 2.11. The van der Waals surface area contributed by atoms with Gasteiger partial charge in [-0.2, -0.15) is 0 Å². The van der Waals surface area contributed by atoms with Crippen molar-refractivity contribution in [3.63, 3.8) is 0 Å². The van der Waals surface area contributed by atoms with Gasteiger partial charge in [-0.25, -0.2) is 0 Å². The van der Waals surface area contributed by atoms with Crippen LogP contribution in [0.5, 0.6) is 5.75 Å². The van der Waals surface area contributed by atoms with Gasteiger partial charge in [0, 0.05) is 11.6 Å². The van der Waals surface area contributed by atoms with E-state index in [1.165, 1.54) is 0 Å². The predicted octanol–water partition coefficient (Wildman–Crippen LogP) is 3.19. The van der Waals surface area contributed by atoms with Crippen molar-refractivity contribution in [2.24, 2.45) is 11.5 Å². The fraction of sp³-hybridized carbons (Fsp3) is 0.294. The Morgan fingerprint density at radius 2 is 1.70 bits per heavy atom. The van der Waals surface area contributed by atoms with Crippen LogP contribution < -0.4 is 11.5 Å². The zero-order chi connectivity index (χ0) is 14.4. The van der Waals surface area contributed by atoms with Crippen molar-refractivity contribution in [2.45, 2.75) is 25.3 Å². The molecule has 20 heavy (non-hydrogen) atoms. The molecule has 3 nitrogen and oxygen atoms in total. The monoisotopic (exact) mass is 270 g/mol. The van der Waals surface area contributed by atoms with Crippen LogP contribution in [0.3, 0.4) is 0 Å². The number of phenolic OH excluding ortho intramolecular Hbond substituents is 1. The Balaban J connectivity index is 2.14. The molecule has 0 aliphatic heterocycles. The number of benzene rings is 2. The van der Waals surface area contributed by atoms with Gasteiger partial charge in [-0.05, 0) is 36.6 Å². The van der Waals surface area contributed by atoms with Crippen molar-refractivity contribution in [1.29, 1.82) is 0 Å². The van der Waals surface area contributed by atoms with Crippen molar-refractivity contribution in [2.75, 3.05) is 6.54 Å². The molecule has 2 aromatic rings. The predicted molar refractivity (Wildman–Crippen MR) is 83.4 cm³/mol. The summed E-state index contributed by atoms with van der Waals surface area (Å²) in [6.45, 7) is 0.686.